The topological polar surface area (TPSA) is 99.0 Å². The lowest BCUT2D eigenvalue weighted by Crippen LogP contribution is -2.59. The van der Waals surface area contributed by atoms with Crippen LogP contribution in [-0.2, 0) is 9.53 Å². The molecule has 1 saturated heterocycles. The quantitative estimate of drug-likeness (QED) is 0.548. The number of hydrogen-bond donors (Lipinski definition) is 1. The minimum Gasteiger partial charge on any atom is -0.497 e. The number of hydrogen-bond acceptors (Lipinski definition) is 9. The maximum Gasteiger partial charge on any atom is 0.277 e. The first-order valence-corrected chi connectivity index (χ1v) is 12.4. The fourth-order valence-electron chi connectivity index (χ4n) is 4.65. The predicted octanol–water partition coefficient (Wildman–Crippen LogP) is 3.00. The molecule has 1 aromatic heterocycles. The van der Waals surface area contributed by atoms with Crippen LogP contribution in [-0.4, -0.2) is 79.4 Å². The van der Waals surface area contributed by atoms with Crippen LogP contribution in [0.4, 0.5) is 0 Å². The molecule has 4 rings (SSSR count). The molecule has 1 saturated carbocycles. The van der Waals surface area contributed by atoms with Gasteiger partial charge in [-0.05, 0) is 25.0 Å². The molecule has 180 valence electrons. The van der Waals surface area contributed by atoms with Crippen molar-refractivity contribution in [3.63, 3.8) is 0 Å². The summed E-state index contributed by atoms with van der Waals surface area (Å²) in [7, 11) is 3.17. The number of benzene rings is 1. The number of nitrogens with zero attached hydrogens (tertiary/aromatic N) is 3. The Labute approximate surface area is 198 Å². The van der Waals surface area contributed by atoms with Gasteiger partial charge in [0, 0.05) is 31.2 Å². The molecule has 0 unspecified atom stereocenters. The Bertz CT molecular complexity index is 925. The minimum absolute atomic E-state index is 0.0278. The number of carbonyl (C=O) groups is 1. The standard InChI is InChI=1S/C23H32N4O5S/c1-29-17-6-7-18(19(14-17)30-2)21-25-26-22(32-21)33-15-20(28)24-16-23(8-4-3-5-9-23)27-10-12-31-13-11-27/h6-7,14H,3-5,8-13,15-16H2,1-2H3,(H,24,28). The van der Waals surface area contributed by atoms with Gasteiger partial charge >= 0.3 is 0 Å². The zero-order chi connectivity index (χ0) is 23.1. The van der Waals surface area contributed by atoms with Gasteiger partial charge in [0.05, 0.1) is 38.7 Å². The summed E-state index contributed by atoms with van der Waals surface area (Å²) in [6.07, 6.45) is 5.94. The van der Waals surface area contributed by atoms with Crippen LogP contribution >= 0.6 is 11.8 Å². The number of nitrogens with one attached hydrogen (secondary N) is 1. The fraction of sp³-hybridized carbons (Fsp3) is 0.609. The van der Waals surface area contributed by atoms with Gasteiger partial charge in [-0.1, -0.05) is 31.0 Å². The van der Waals surface area contributed by atoms with Crippen molar-refractivity contribution >= 4 is 17.7 Å². The molecule has 1 aliphatic heterocycles. The summed E-state index contributed by atoms with van der Waals surface area (Å²) in [5.41, 5.74) is 0.720. The molecule has 33 heavy (non-hydrogen) atoms. The third-order valence-electron chi connectivity index (χ3n) is 6.45. The van der Waals surface area contributed by atoms with E-state index in [9.17, 15) is 4.79 Å². The van der Waals surface area contributed by atoms with Gasteiger partial charge in [-0.15, -0.1) is 10.2 Å². The first kappa shape index (κ1) is 23.8. The zero-order valence-electron chi connectivity index (χ0n) is 19.3. The maximum atomic E-state index is 12.6. The summed E-state index contributed by atoms with van der Waals surface area (Å²) in [5.74, 6) is 1.79. The molecule has 1 N–H and O–H groups in total. The lowest BCUT2D eigenvalue weighted by molar-refractivity contribution is -0.119. The van der Waals surface area contributed by atoms with Crippen LogP contribution in [0.1, 0.15) is 32.1 Å². The van der Waals surface area contributed by atoms with Crippen molar-refractivity contribution in [3.05, 3.63) is 18.2 Å². The minimum atomic E-state index is -0.0278. The van der Waals surface area contributed by atoms with E-state index in [0.29, 0.717) is 34.7 Å². The first-order valence-electron chi connectivity index (χ1n) is 11.4. The average Bonchev–Trinajstić information content (AvgIpc) is 3.35. The van der Waals surface area contributed by atoms with Crippen LogP contribution in [0.2, 0.25) is 0 Å². The van der Waals surface area contributed by atoms with Crippen molar-refractivity contribution in [1.29, 1.82) is 0 Å². The predicted molar refractivity (Wildman–Crippen MR) is 125 cm³/mol. The van der Waals surface area contributed by atoms with Gasteiger partial charge < -0.3 is 23.9 Å². The Morgan fingerprint density at radius 3 is 2.67 bits per heavy atom. The fourth-order valence-corrected chi connectivity index (χ4v) is 5.24. The zero-order valence-corrected chi connectivity index (χ0v) is 20.1. The van der Waals surface area contributed by atoms with Crippen LogP contribution in [0.15, 0.2) is 27.8 Å². The second-order valence-electron chi connectivity index (χ2n) is 8.39. The van der Waals surface area contributed by atoms with E-state index in [1.807, 2.05) is 6.07 Å². The Kier molecular flexibility index (Phi) is 8.11. The summed E-state index contributed by atoms with van der Waals surface area (Å²) in [4.78, 5) is 15.2. The summed E-state index contributed by atoms with van der Waals surface area (Å²) >= 11 is 1.23. The number of ether oxygens (including phenoxy) is 3. The molecule has 9 nitrogen and oxygen atoms in total. The molecule has 0 atom stereocenters. The number of thioether (sulfide) groups is 1. The second-order valence-corrected chi connectivity index (χ2v) is 9.32. The number of aromatic nitrogens is 2. The van der Waals surface area contributed by atoms with Crippen molar-refractivity contribution in [3.8, 4) is 23.0 Å². The van der Waals surface area contributed by atoms with Crippen LogP contribution in [0, 0.1) is 0 Å². The lowest BCUT2D eigenvalue weighted by Gasteiger charge is -2.48. The van der Waals surface area contributed by atoms with Crippen LogP contribution < -0.4 is 14.8 Å². The van der Waals surface area contributed by atoms with Crippen LogP contribution in [0.5, 0.6) is 11.5 Å². The number of amides is 1. The van der Waals surface area contributed by atoms with E-state index < -0.39 is 0 Å². The molecular weight excluding hydrogens is 444 g/mol. The van der Waals surface area contributed by atoms with E-state index in [0.717, 1.165) is 39.1 Å². The third-order valence-corrected chi connectivity index (χ3v) is 7.27. The molecule has 2 heterocycles. The summed E-state index contributed by atoms with van der Waals surface area (Å²) in [6, 6.07) is 5.37. The Morgan fingerprint density at radius 1 is 1.15 bits per heavy atom. The average molecular weight is 477 g/mol. The van der Waals surface area contributed by atoms with Gasteiger partial charge in [-0.2, -0.15) is 0 Å². The molecule has 1 aliphatic carbocycles. The number of carbonyl (C=O) groups excluding carboxylic acids is 1. The van der Waals surface area contributed by atoms with Gasteiger partial charge in [-0.3, -0.25) is 9.69 Å². The molecule has 10 heteroatoms. The van der Waals surface area contributed by atoms with Crippen molar-refractivity contribution in [2.45, 2.75) is 42.9 Å². The Morgan fingerprint density at radius 2 is 1.94 bits per heavy atom. The molecule has 2 aliphatic rings. The van der Waals surface area contributed by atoms with Crippen LogP contribution in [0.25, 0.3) is 11.5 Å². The second kappa shape index (κ2) is 11.2. The maximum absolute atomic E-state index is 12.6. The van der Waals surface area contributed by atoms with Crippen molar-refractivity contribution < 1.29 is 23.4 Å². The van der Waals surface area contributed by atoms with E-state index >= 15 is 0 Å². The highest BCUT2D eigenvalue weighted by Crippen LogP contribution is 2.35. The molecule has 1 amide bonds. The molecule has 0 bridgehead atoms. The Hall–Kier alpha value is -2.30. The molecular formula is C23H32N4O5S. The molecule has 1 aromatic carbocycles. The SMILES string of the molecule is COc1ccc(-c2nnc(SCC(=O)NCC3(N4CCOCC4)CCCCC3)o2)c(OC)c1. The highest BCUT2D eigenvalue weighted by molar-refractivity contribution is 7.99. The number of rotatable bonds is 9. The largest absolute Gasteiger partial charge is 0.497 e. The van der Waals surface area contributed by atoms with Crippen molar-refractivity contribution in [1.82, 2.24) is 20.4 Å². The van der Waals surface area contributed by atoms with E-state index in [1.165, 1.54) is 31.0 Å². The van der Waals surface area contributed by atoms with E-state index in [-0.39, 0.29) is 17.2 Å². The molecule has 0 spiro atoms. The van der Waals surface area contributed by atoms with Crippen molar-refractivity contribution in [2.24, 2.45) is 0 Å². The summed E-state index contributed by atoms with van der Waals surface area (Å²) < 4.78 is 21.9. The first-order chi connectivity index (χ1) is 16.1. The number of morpholine rings is 1. The van der Waals surface area contributed by atoms with Gasteiger partial charge in [0.25, 0.3) is 11.1 Å². The van der Waals surface area contributed by atoms with Crippen molar-refractivity contribution in [2.75, 3.05) is 52.8 Å². The molecule has 2 fully saturated rings. The van der Waals surface area contributed by atoms with E-state index in [2.05, 4.69) is 20.4 Å². The normalized spacial score (nSPS) is 18.6. The van der Waals surface area contributed by atoms with Gasteiger partial charge in [0.1, 0.15) is 11.5 Å². The third kappa shape index (κ3) is 5.80. The molecule has 0 radical (unpaired) electrons. The highest BCUT2D eigenvalue weighted by atomic mass is 32.2. The van der Waals surface area contributed by atoms with Gasteiger partial charge in [-0.25, -0.2) is 0 Å². The number of methoxy groups -OCH3 is 2. The van der Waals surface area contributed by atoms with E-state index in [4.69, 9.17) is 18.6 Å². The van der Waals surface area contributed by atoms with Gasteiger partial charge in [0.2, 0.25) is 5.91 Å². The Balaban J connectivity index is 1.32. The van der Waals surface area contributed by atoms with Crippen LogP contribution in [0.3, 0.4) is 0 Å². The molecule has 2 aromatic rings. The summed E-state index contributed by atoms with van der Waals surface area (Å²) in [6.45, 7) is 4.08. The van der Waals surface area contributed by atoms with Gasteiger partial charge in [0.15, 0.2) is 0 Å². The lowest BCUT2D eigenvalue weighted by atomic mass is 9.79. The van der Waals surface area contributed by atoms with E-state index in [1.54, 1.807) is 26.4 Å². The smallest absolute Gasteiger partial charge is 0.277 e. The highest BCUT2D eigenvalue weighted by Gasteiger charge is 2.38. The monoisotopic (exact) mass is 476 g/mol. The summed E-state index contributed by atoms with van der Waals surface area (Å²) in [5, 5.41) is 11.7.